The van der Waals surface area contributed by atoms with Gasteiger partial charge in [0.25, 0.3) is 0 Å². The van der Waals surface area contributed by atoms with Gasteiger partial charge in [-0.05, 0) is 6.42 Å². The molecule has 0 spiro atoms. The van der Waals surface area contributed by atoms with Gasteiger partial charge in [-0.15, -0.1) is 0 Å². The van der Waals surface area contributed by atoms with Crippen molar-refractivity contribution in [2.45, 2.75) is 19.8 Å². The second-order valence-electron chi connectivity index (χ2n) is 1.56. The highest BCUT2D eigenvalue weighted by molar-refractivity contribution is 5.15. The van der Waals surface area contributed by atoms with E-state index in [1.54, 1.807) is 0 Å². The normalized spacial score (nSPS) is 15.8. The third-order valence-electron chi connectivity index (χ3n) is 0.868. The van der Waals surface area contributed by atoms with Gasteiger partial charge in [-0.2, -0.15) is 0 Å². The third-order valence-corrected chi connectivity index (χ3v) is 0.868. The number of rotatable bonds is 2. The Hall–Kier alpha value is -0.460. The summed E-state index contributed by atoms with van der Waals surface area (Å²) in [6.45, 7) is 2.18. The molecular weight excluding hydrogens is 74.1 g/mol. The Balaban J connectivity index is 2.02. The van der Waals surface area contributed by atoms with Crippen molar-refractivity contribution in [2.24, 2.45) is 0 Å². The lowest BCUT2D eigenvalue weighted by Crippen LogP contribution is -1.75. The van der Waals surface area contributed by atoms with E-state index in [0.717, 1.165) is 0 Å². The van der Waals surface area contributed by atoms with Crippen LogP contribution in [0, 0.1) is 0 Å². The van der Waals surface area contributed by atoms with Crippen molar-refractivity contribution in [3.8, 4) is 0 Å². The van der Waals surface area contributed by atoms with Crippen LogP contribution in [0.2, 0.25) is 0 Å². The average Bonchev–Trinajstić information content (AvgIpc) is 2.21. The molecule has 0 fully saturated rings. The molecule has 0 atom stereocenters. The summed E-state index contributed by atoms with van der Waals surface area (Å²) in [5, 5.41) is 3.03. The second kappa shape index (κ2) is 1.33. The van der Waals surface area contributed by atoms with Crippen LogP contribution in [-0.4, -0.2) is 0 Å². The molecule has 0 aliphatic carbocycles. The zero-order valence-corrected chi connectivity index (χ0v) is 3.99. The first-order chi connectivity index (χ1) is 2.93. The molecule has 0 aromatic heterocycles. The van der Waals surface area contributed by atoms with Crippen molar-refractivity contribution in [1.29, 1.82) is 0 Å². The van der Waals surface area contributed by atoms with Crippen molar-refractivity contribution in [1.82, 2.24) is 5.32 Å². The van der Waals surface area contributed by atoms with Crippen LogP contribution in [-0.2, 0) is 0 Å². The van der Waals surface area contributed by atoms with E-state index in [9.17, 15) is 0 Å². The summed E-state index contributed by atoms with van der Waals surface area (Å²) in [6, 6.07) is 0. The van der Waals surface area contributed by atoms with Crippen LogP contribution in [0.5, 0.6) is 0 Å². The zero-order valence-electron chi connectivity index (χ0n) is 3.99. The van der Waals surface area contributed by atoms with Gasteiger partial charge in [-0.25, -0.2) is 0 Å². The Morgan fingerprint density at radius 3 is 2.67 bits per heavy atom. The Morgan fingerprint density at radius 1 is 1.83 bits per heavy atom. The Kier molecular flexibility index (Phi) is 0.825. The van der Waals surface area contributed by atoms with Gasteiger partial charge < -0.3 is 5.32 Å². The van der Waals surface area contributed by atoms with Gasteiger partial charge >= 0.3 is 0 Å². The maximum atomic E-state index is 3.03. The molecule has 1 aliphatic rings. The maximum absolute atomic E-state index is 3.03. The van der Waals surface area contributed by atoms with E-state index in [4.69, 9.17) is 0 Å². The molecule has 0 aromatic rings. The van der Waals surface area contributed by atoms with Gasteiger partial charge in [0.2, 0.25) is 0 Å². The van der Waals surface area contributed by atoms with Crippen molar-refractivity contribution in [3.63, 3.8) is 0 Å². The van der Waals surface area contributed by atoms with E-state index in [2.05, 4.69) is 12.2 Å². The molecule has 0 unspecified atom stereocenters. The highest BCUT2D eigenvalue weighted by Crippen LogP contribution is 2.07. The van der Waals surface area contributed by atoms with Crippen molar-refractivity contribution >= 4 is 0 Å². The van der Waals surface area contributed by atoms with Gasteiger partial charge in [-0.1, -0.05) is 13.3 Å². The van der Waals surface area contributed by atoms with Crippen LogP contribution in [0.4, 0.5) is 0 Å². The highest BCUT2D eigenvalue weighted by Gasteiger charge is 2.00. The predicted octanol–water partition coefficient (Wildman–Crippen LogP) is 1.23. The van der Waals surface area contributed by atoms with E-state index in [-0.39, 0.29) is 0 Å². The number of hydrogen-bond acceptors (Lipinski definition) is 1. The van der Waals surface area contributed by atoms with E-state index < -0.39 is 0 Å². The molecule has 1 N–H and O–H groups in total. The summed E-state index contributed by atoms with van der Waals surface area (Å²) < 4.78 is 0. The van der Waals surface area contributed by atoms with Gasteiger partial charge in [0, 0.05) is 11.9 Å². The summed E-state index contributed by atoms with van der Waals surface area (Å²) in [5.41, 5.74) is 1.41. The molecule has 1 aliphatic heterocycles. The monoisotopic (exact) mass is 83.1 g/mol. The molecule has 1 heterocycles. The van der Waals surface area contributed by atoms with Crippen LogP contribution < -0.4 is 5.32 Å². The van der Waals surface area contributed by atoms with Crippen LogP contribution in [0.15, 0.2) is 11.9 Å². The zero-order chi connectivity index (χ0) is 4.41. The molecule has 0 aromatic carbocycles. The third kappa shape index (κ3) is 0.744. The quantitative estimate of drug-likeness (QED) is 0.533. The van der Waals surface area contributed by atoms with Gasteiger partial charge in [-0.3, -0.25) is 0 Å². The van der Waals surface area contributed by atoms with Crippen molar-refractivity contribution < 1.29 is 0 Å². The summed E-state index contributed by atoms with van der Waals surface area (Å²) in [5.74, 6) is 0. The molecule has 1 rings (SSSR count). The molecule has 0 amide bonds. The molecule has 0 saturated carbocycles. The molecule has 1 heteroatoms. The lowest BCUT2D eigenvalue weighted by molar-refractivity contribution is 0.912. The minimum Gasteiger partial charge on any atom is -0.362 e. The van der Waals surface area contributed by atoms with E-state index >= 15 is 0 Å². The minimum absolute atomic E-state index is 1.24. The van der Waals surface area contributed by atoms with Gasteiger partial charge in [0.15, 0.2) is 0 Å². The topological polar surface area (TPSA) is 21.9 Å². The summed E-state index contributed by atoms with van der Waals surface area (Å²) in [4.78, 5) is 0. The second-order valence-corrected chi connectivity index (χ2v) is 1.56. The van der Waals surface area contributed by atoms with Crippen molar-refractivity contribution in [3.05, 3.63) is 11.9 Å². The average molecular weight is 83.1 g/mol. The predicted molar refractivity (Wildman–Crippen MR) is 26.1 cm³/mol. The Bertz CT molecular complexity index is 74.0. The molecule has 0 radical (unpaired) electrons. The van der Waals surface area contributed by atoms with Crippen LogP contribution in [0.25, 0.3) is 0 Å². The van der Waals surface area contributed by atoms with Crippen molar-refractivity contribution in [2.75, 3.05) is 0 Å². The summed E-state index contributed by atoms with van der Waals surface area (Å²) in [7, 11) is 0. The minimum atomic E-state index is 1.24. The van der Waals surface area contributed by atoms with Crippen LogP contribution >= 0.6 is 0 Å². The molecule has 34 valence electrons. The lowest BCUT2D eigenvalue weighted by atomic mass is 10.3. The van der Waals surface area contributed by atoms with E-state index in [1.807, 2.05) is 6.20 Å². The summed E-state index contributed by atoms with van der Waals surface area (Å²) >= 11 is 0. The first-order valence-corrected chi connectivity index (χ1v) is 2.39. The Morgan fingerprint density at radius 2 is 2.50 bits per heavy atom. The fraction of sp³-hybridized carbons (Fsp3) is 0.600. The van der Waals surface area contributed by atoms with E-state index in [0.29, 0.717) is 0 Å². The molecular formula is C5H9N. The van der Waals surface area contributed by atoms with Gasteiger partial charge in [0.1, 0.15) is 0 Å². The van der Waals surface area contributed by atoms with Crippen LogP contribution in [0.1, 0.15) is 19.8 Å². The fourth-order valence-electron chi connectivity index (χ4n) is 0.465. The largest absolute Gasteiger partial charge is 0.362 e. The van der Waals surface area contributed by atoms with Crippen LogP contribution in [0.3, 0.4) is 0 Å². The smallest absolute Gasteiger partial charge is 0.0309 e. The fourth-order valence-corrected chi connectivity index (χ4v) is 0.465. The Labute approximate surface area is 38.1 Å². The van der Waals surface area contributed by atoms with Gasteiger partial charge in [0.05, 0.1) is 0 Å². The molecule has 0 saturated heterocycles. The molecule has 1 nitrogen and oxygen atoms in total. The highest BCUT2D eigenvalue weighted by atomic mass is 15.0. The lowest BCUT2D eigenvalue weighted by Gasteiger charge is -1.78. The first kappa shape index (κ1) is 3.72. The standard InChI is InChI=1S/C5H9N/c1-2-3-5-4-6-5/h4,6H,2-3H2,1H3. The molecule has 0 bridgehead atoms. The first-order valence-electron chi connectivity index (χ1n) is 2.39. The summed E-state index contributed by atoms with van der Waals surface area (Å²) in [6.07, 6.45) is 4.54. The number of allylic oxidation sites excluding steroid dienone is 1. The SMILES string of the molecule is CCCC1=CN1. The number of nitrogens with one attached hydrogen (secondary N) is 1. The maximum Gasteiger partial charge on any atom is 0.0309 e. The molecule has 6 heavy (non-hydrogen) atoms. The van der Waals surface area contributed by atoms with E-state index in [1.165, 1.54) is 18.5 Å². The number of hydrogen-bond donors (Lipinski definition) is 1.